The molecular weight excluding hydrogens is 352 g/mol. The van der Waals surface area contributed by atoms with Crippen molar-refractivity contribution in [1.82, 2.24) is 15.5 Å². The Kier molecular flexibility index (Phi) is 5.11. The molecular formula is C22H18N4O2. The Labute approximate surface area is 162 Å². The van der Waals surface area contributed by atoms with Crippen molar-refractivity contribution in [2.75, 3.05) is 5.32 Å². The van der Waals surface area contributed by atoms with Crippen LogP contribution in [-0.4, -0.2) is 16.2 Å². The van der Waals surface area contributed by atoms with Crippen molar-refractivity contribution >= 4 is 11.7 Å². The highest BCUT2D eigenvalue weighted by atomic mass is 16.4. The third-order valence-electron chi connectivity index (χ3n) is 4.15. The molecule has 0 aliphatic carbocycles. The van der Waals surface area contributed by atoms with Crippen molar-refractivity contribution < 1.29 is 9.21 Å². The summed E-state index contributed by atoms with van der Waals surface area (Å²) in [7, 11) is 0. The molecule has 1 aromatic heterocycles. The topological polar surface area (TPSA) is 80.0 Å². The molecule has 0 spiro atoms. The minimum atomic E-state index is -0.574. The summed E-state index contributed by atoms with van der Waals surface area (Å²) in [5.41, 5.74) is 2.36. The number of para-hydroxylation sites is 1. The Bertz CT molecular complexity index is 1030. The number of amides is 2. The third-order valence-corrected chi connectivity index (χ3v) is 4.15. The van der Waals surface area contributed by atoms with E-state index in [9.17, 15) is 4.79 Å². The molecule has 28 heavy (non-hydrogen) atoms. The lowest BCUT2D eigenvalue weighted by molar-refractivity contribution is 0.248. The van der Waals surface area contributed by atoms with Gasteiger partial charge in [-0.3, -0.25) is 0 Å². The molecule has 1 heterocycles. The van der Waals surface area contributed by atoms with E-state index in [2.05, 4.69) is 20.8 Å². The summed E-state index contributed by atoms with van der Waals surface area (Å²) in [6, 6.07) is 27.3. The normalized spacial score (nSPS) is 11.6. The fourth-order valence-corrected chi connectivity index (χ4v) is 2.80. The van der Waals surface area contributed by atoms with Crippen LogP contribution >= 0.6 is 0 Å². The maximum atomic E-state index is 12.5. The Hall–Kier alpha value is -3.93. The SMILES string of the molecule is O=C(Nc1ccccc1)NC(c1ccccc1)c1nnc(-c2ccccc2)o1. The predicted octanol–water partition coefficient (Wildman–Crippen LogP) is 4.65. The van der Waals surface area contributed by atoms with Crippen LogP contribution in [0.1, 0.15) is 17.5 Å². The van der Waals surface area contributed by atoms with Crippen molar-refractivity contribution in [3.8, 4) is 11.5 Å². The van der Waals surface area contributed by atoms with Crippen LogP contribution in [0.5, 0.6) is 0 Å². The molecule has 2 N–H and O–H groups in total. The summed E-state index contributed by atoms with van der Waals surface area (Å²) < 4.78 is 5.87. The molecule has 3 aromatic carbocycles. The van der Waals surface area contributed by atoms with Gasteiger partial charge in [-0.15, -0.1) is 10.2 Å². The number of carbonyl (C=O) groups is 1. The molecule has 0 radical (unpaired) electrons. The molecule has 4 rings (SSSR count). The van der Waals surface area contributed by atoms with Gasteiger partial charge in [-0.25, -0.2) is 4.79 Å². The molecule has 6 nitrogen and oxygen atoms in total. The highest BCUT2D eigenvalue weighted by Crippen LogP contribution is 2.25. The summed E-state index contributed by atoms with van der Waals surface area (Å²) in [6.45, 7) is 0. The number of benzene rings is 3. The first-order valence-electron chi connectivity index (χ1n) is 8.86. The summed E-state index contributed by atoms with van der Waals surface area (Å²) >= 11 is 0. The third kappa shape index (κ3) is 4.07. The minimum Gasteiger partial charge on any atom is -0.418 e. The number of urea groups is 1. The second kappa shape index (κ2) is 8.18. The maximum absolute atomic E-state index is 12.5. The van der Waals surface area contributed by atoms with Gasteiger partial charge in [0, 0.05) is 11.3 Å². The van der Waals surface area contributed by atoms with Gasteiger partial charge in [0.25, 0.3) is 0 Å². The second-order valence-electron chi connectivity index (χ2n) is 6.12. The zero-order chi connectivity index (χ0) is 19.2. The molecule has 0 fully saturated rings. The largest absolute Gasteiger partial charge is 0.418 e. The molecule has 4 aromatic rings. The maximum Gasteiger partial charge on any atom is 0.320 e. The molecule has 1 unspecified atom stereocenters. The number of carbonyl (C=O) groups excluding carboxylic acids is 1. The van der Waals surface area contributed by atoms with E-state index in [1.165, 1.54) is 0 Å². The molecule has 0 saturated heterocycles. The highest BCUT2D eigenvalue weighted by Gasteiger charge is 2.23. The minimum absolute atomic E-state index is 0.313. The van der Waals surface area contributed by atoms with Crippen LogP contribution in [-0.2, 0) is 0 Å². The number of anilines is 1. The number of rotatable bonds is 5. The molecule has 138 valence electrons. The molecule has 6 heteroatoms. The van der Waals surface area contributed by atoms with E-state index in [0.29, 0.717) is 17.5 Å². The number of aromatic nitrogens is 2. The van der Waals surface area contributed by atoms with Crippen LogP contribution in [0, 0.1) is 0 Å². The molecule has 0 aliphatic heterocycles. The van der Waals surface area contributed by atoms with Crippen LogP contribution < -0.4 is 10.6 Å². The van der Waals surface area contributed by atoms with Crippen LogP contribution in [0.25, 0.3) is 11.5 Å². The summed E-state index contributed by atoms with van der Waals surface area (Å²) in [6.07, 6.45) is 0. The van der Waals surface area contributed by atoms with Gasteiger partial charge >= 0.3 is 6.03 Å². The molecule has 1 atom stereocenters. The van der Waals surface area contributed by atoms with Gasteiger partial charge < -0.3 is 15.1 Å². The fraction of sp³-hybridized carbons (Fsp3) is 0.0455. The molecule has 0 aliphatic rings. The van der Waals surface area contributed by atoms with E-state index in [0.717, 1.165) is 11.1 Å². The van der Waals surface area contributed by atoms with Gasteiger partial charge in [0.15, 0.2) is 0 Å². The van der Waals surface area contributed by atoms with E-state index in [1.807, 2.05) is 91.0 Å². The molecule has 0 bridgehead atoms. The number of hydrogen-bond donors (Lipinski definition) is 2. The lowest BCUT2D eigenvalue weighted by atomic mass is 10.1. The van der Waals surface area contributed by atoms with Crippen molar-refractivity contribution in [1.29, 1.82) is 0 Å². The van der Waals surface area contributed by atoms with Crippen LogP contribution in [0.4, 0.5) is 10.5 Å². The van der Waals surface area contributed by atoms with Crippen molar-refractivity contribution in [2.45, 2.75) is 6.04 Å². The van der Waals surface area contributed by atoms with Gasteiger partial charge in [0.1, 0.15) is 6.04 Å². The standard InChI is InChI=1S/C22H18N4O2/c27-22(23-18-14-8-3-9-15-18)24-19(16-10-4-1-5-11-16)21-26-25-20(28-21)17-12-6-2-7-13-17/h1-15,19H,(H2,23,24,27). The average molecular weight is 370 g/mol. The summed E-state index contributed by atoms with van der Waals surface area (Å²) in [5, 5.41) is 14.0. The zero-order valence-electron chi connectivity index (χ0n) is 14.9. The average Bonchev–Trinajstić information content (AvgIpc) is 3.24. The number of nitrogens with zero attached hydrogens (tertiary/aromatic N) is 2. The Balaban J connectivity index is 1.60. The summed E-state index contributed by atoms with van der Waals surface area (Å²) in [4.78, 5) is 12.5. The van der Waals surface area contributed by atoms with Gasteiger partial charge in [-0.1, -0.05) is 66.7 Å². The van der Waals surface area contributed by atoms with Crippen LogP contribution in [0.3, 0.4) is 0 Å². The van der Waals surface area contributed by atoms with E-state index < -0.39 is 6.04 Å². The highest BCUT2D eigenvalue weighted by molar-refractivity contribution is 5.89. The predicted molar refractivity (Wildman–Crippen MR) is 107 cm³/mol. The van der Waals surface area contributed by atoms with E-state index >= 15 is 0 Å². The quantitative estimate of drug-likeness (QED) is 0.536. The molecule has 2 amide bonds. The summed E-state index contributed by atoms with van der Waals surface area (Å²) in [5.74, 6) is 0.718. The van der Waals surface area contributed by atoms with Gasteiger partial charge in [0.05, 0.1) is 0 Å². The van der Waals surface area contributed by atoms with Crippen molar-refractivity contribution in [3.05, 3.63) is 102 Å². The van der Waals surface area contributed by atoms with E-state index in [1.54, 1.807) is 0 Å². The lowest BCUT2D eigenvalue weighted by Gasteiger charge is -2.16. The Morgan fingerprint density at radius 3 is 2.07 bits per heavy atom. The first kappa shape index (κ1) is 17.5. The second-order valence-corrected chi connectivity index (χ2v) is 6.12. The van der Waals surface area contributed by atoms with Gasteiger partial charge in [-0.2, -0.15) is 0 Å². The van der Waals surface area contributed by atoms with Gasteiger partial charge in [0.2, 0.25) is 11.8 Å². The first-order chi connectivity index (χ1) is 13.8. The number of nitrogens with one attached hydrogen (secondary N) is 2. The smallest absolute Gasteiger partial charge is 0.320 e. The fourth-order valence-electron chi connectivity index (χ4n) is 2.80. The van der Waals surface area contributed by atoms with E-state index in [4.69, 9.17) is 4.42 Å². The van der Waals surface area contributed by atoms with Crippen molar-refractivity contribution in [3.63, 3.8) is 0 Å². The van der Waals surface area contributed by atoms with Crippen molar-refractivity contribution in [2.24, 2.45) is 0 Å². The van der Waals surface area contributed by atoms with Crippen LogP contribution in [0.15, 0.2) is 95.4 Å². The van der Waals surface area contributed by atoms with Gasteiger partial charge in [-0.05, 0) is 29.8 Å². The molecule has 0 saturated carbocycles. The Morgan fingerprint density at radius 1 is 0.786 bits per heavy atom. The monoisotopic (exact) mass is 370 g/mol. The van der Waals surface area contributed by atoms with E-state index in [-0.39, 0.29) is 6.03 Å². The first-order valence-corrected chi connectivity index (χ1v) is 8.86. The lowest BCUT2D eigenvalue weighted by Crippen LogP contribution is -2.33. The number of hydrogen-bond acceptors (Lipinski definition) is 4. The zero-order valence-corrected chi connectivity index (χ0v) is 14.9. The Morgan fingerprint density at radius 2 is 1.39 bits per heavy atom. The van der Waals surface area contributed by atoms with Crippen LogP contribution in [0.2, 0.25) is 0 Å².